The third-order valence-corrected chi connectivity index (χ3v) is 3.61. The average Bonchev–Trinajstić information content (AvgIpc) is 2.62. The van der Waals surface area contributed by atoms with Gasteiger partial charge in [0.2, 0.25) is 11.9 Å². The summed E-state index contributed by atoms with van der Waals surface area (Å²) < 4.78 is 78.0. The number of alkyl halides is 6. The summed E-state index contributed by atoms with van der Waals surface area (Å²) in [7, 11) is 0. The second kappa shape index (κ2) is 9.44. The van der Waals surface area contributed by atoms with E-state index >= 15 is 0 Å². The number of hydrogen-bond donors (Lipinski definition) is 5. The molecule has 0 spiro atoms. The highest BCUT2D eigenvalue weighted by atomic mass is 19.4. The Kier molecular flexibility index (Phi) is 7.73. The highest BCUT2D eigenvalue weighted by molar-refractivity contribution is 6.67. The smallest absolute Gasteiger partial charge is 0.368 e. The second-order valence-electron chi connectivity index (χ2n) is 5.89. The number of primary amides is 2. The molecule has 0 unspecified atom stereocenters. The van der Waals surface area contributed by atoms with Gasteiger partial charge in [-0.3, -0.25) is 15.0 Å². The molecule has 0 heterocycles. The Labute approximate surface area is 170 Å². The van der Waals surface area contributed by atoms with Crippen molar-refractivity contribution in [3.63, 3.8) is 0 Å². The van der Waals surface area contributed by atoms with Crippen LogP contribution in [0.3, 0.4) is 0 Å². The number of amides is 2. The van der Waals surface area contributed by atoms with Gasteiger partial charge in [0.25, 0.3) is 5.91 Å². The lowest BCUT2D eigenvalue weighted by molar-refractivity contribution is -0.162. The van der Waals surface area contributed by atoms with Gasteiger partial charge in [0.15, 0.2) is 11.5 Å². The molecule has 0 saturated carbocycles. The van der Waals surface area contributed by atoms with Crippen LogP contribution in [0, 0.1) is 5.41 Å². The minimum Gasteiger partial charge on any atom is -0.368 e. The third-order valence-electron chi connectivity index (χ3n) is 3.61. The molecule has 1 aromatic rings. The number of carbonyl (C=O) groups excluding carboxylic acids is 2. The molecule has 0 saturated heterocycles. The third kappa shape index (κ3) is 6.97. The lowest BCUT2D eigenvalue weighted by atomic mass is 10.1. The van der Waals surface area contributed by atoms with E-state index in [-0.39, 0.29) is 18.6 Å². The predicted octanol–water partition coefficient (Wildman–Crippen LogP) is 1.62. The van der Waals surface area contributed by atoms with Crippen LogP contribution in [-0.2, 0) is 21.9 Å². The molecule has 31 heavy (non-hydrogen) atoms. The van der Waals surface area contributed by atoms with Crippen molar-refractivity contribution < 1.29 is 35.9 Å². The molecule has 1 aromatic carbocycles. The highest BCUT2D eigenvalue weighted by Gasteiger charge is 2.43. The van der Waals surface area contributed by atoms with Crippen LogP contribution in [0.1, 0.15) is 24.5 Å². The Balaban J connectivity index is 3.49. The Morgan fingerprint density at radius 3 is 2.03 bits per heavy atom. The number of hydrogen-bond acceptors (Lipinski definition) is 4. The number of nitrogens with one attached hydrogen (secondary N) is 2. The van der Waals surface area contributed by atoms with Crippen LogP contribution in [0.15, 0.2) is 28.2 Å². The summed E-state index contributed by atoms with van der Waals surface area (Å²) in [5.74, 6) is -3.77. The molecule has 2 amide bonds. The number of anilines is 1. The number of nitrogens with zero attached hydrogens (tertiary/aromatic N) is 2. The molecule has 1 atom stereocenters. The van der Waals surface area contributed by atoms with Crippen molar-refractivity contribution in [1.82, 2.24) is 0 Å². The molecule has 0 radical (unpaired) electrons. The van der Waals surface area contributed by atoms with E-state index in [0.717, 1.165) is 0 Å². The zero-order chi connectivity index (χ0) is 24.1. The minimum atomic E-state index is -5.37. The van der Waals surface area contributed by atoms with Gasteiger partial charge in [-0.25, -0.2) is 4.99 Å². The van der Waals surface area contributed by atoms with Gasteiger partial charge in [-0.15, -0.1) is 0 Å². The van der Waals surface area contributed by atoms with E-state index in [0.29, 0.717) is 6.07 Å². The van der Waals surface area contributed by atoms with Crippen molar-refractivity contribution in [2.24, 2.45) is 27.2 Å². The maximum Gasteiger partial charge on any atom is 0.417 e. The van der Waals surface area contributed by atoms with Gasteiger partial charge in [0.1, 0.15) is 6.04 Å². The van der Waals surface area contributed by atoms with Gasteiger partial charge in [-0.2, -0.15) is 31.3 Å². The first-order chi connectivity index (χ1) is 14.1. The lowest BCUT2D eigenvalue weighted by Gasteiger charge is -2.17. The van der Waals surface area contributed by atoms with Crippen LogP contribution in [0.4, 0.5) is 32.0 Å². The predicted molar refractivity (Wildman–Crippen MR) is 99.3 cm³/mol. The SMILES string of the molecule is CC[C@@H](N=C(N)/N=C(/Nc1ccc(C(F)(F)F)c(C(F)(F)F)c1)C(=N)C(N)=O)C(N)=O. The molecule has 0 aliphatic carbocycles. The Morgan fingerprint density at radius 1 is 1.06 bits per heavy atom. The molecule has 0 aromatic heterocycles. The summed E-state index contributed by atoms with van der Waals surface area (Å²) in [5, 5.41) is 9.68. The first-order valence-corrected chi connectivity index (χ1v) is 8.23. The summed E-state index contributed by atoms with van der Waals surface area (Å²) in [6.07, 6.45) is -10.6. The Morgan fingerprint density at radius 2 is 1.61 bits per heavy atom. The van der Waals surface area contributed by atoms with E-state index < -0.39 is 64.5 Å². The van der Waals surface area contributed by atoms with E-state index in [1.165, 1.54) is 6.92 Å². The zero-order valence-corrected chi connectivity index (χ0v) is 15.7. The van der Waals surface area contributed by atoms with Gasteiger partial charge in [-0.05, 0) is 24.6 Å². The van der Waals surface area contributed by atoms with Crippen LogP contribution >= 0.6 is 0 Å². The number of aliphatic imine (C=N–C) groups is 2. The minimum absolute atomic E-state index is 0.107. The first kappa shape index (κ1) is 25.4. The number of amidine groups is 1. The number of rotatable bonds is 6. The molecule has 170 valence electrons. The fourth-order valence-corrected chi connectivity index (χ4v) is 2.16. The maximum atomic E-state index is 13.1. The quantitative estimate of drug-likeness (QED) is 0.250. The molecule has 1 rings (SSSR count). The lowest BCUT2D eigenvalue weighted by Crippen LogP contribution is -2.36. The number of benzene rings is 1. The maximum absolute atomic E-state index is 13.1. The van der Waals surface area contributed by atoms with Crippen molar-refractivity contribution in [2.45, 2.75) is 31.7 Å². The highest BCUT2D eigenvalue weighted by Crippen LogP contribution is 2.41. The van der Waals surface area contributed by atoms with Crippen LogP contribution < -0.4 is 22.5 Å². The average molecular weight is 453 g/mol. The monoisotopic (exact) mass is 453 g/mol. The zero-order valence-electron chi connectivity index (χ0n) is 15.7. The van der Waals surface area contributed by atoms with Gasteiger partial charge in [0, 0.05) is 5.69 Å². The number of carbonyl (C=O) groups is 2. The molecular weight excluding hydrogens is 436 g/mol. The standard InChI is InChI=1S/C16H17F6N7O2/c1-2-9(11(24)30)28-14(26)29-13(10(23)12(25)31)27-6-3-4-7(15(17,18)19)8(5-6)16(20,21)22/h3-5,9,23H,2H2,1H3,(H2,24,30)(H2,25,31)(H3,26,27,28,29)/t9-/m1/s1. The fourth-order valence-electron chi connectivity index (χ4n) is 2.16. The molecule has 8 N–H and O–H groups in total. The van der Waals surface area contributed by atoms with E-state index in [9.17, 15) is 35.9 Å². The van der Waals surface area contributed by atoms with Gasteiger partial charge in [-0.1, -0.05) is 6.92 Å². The van der Waals surface area contributed by atoms with Crippen molar-refractivity contribution in [2.75, 3.05) is 5.32 Å². The molecule has 0 bridgehead atoms. The summed E-state index contributed by atoms with van der Waals surface area (Å²) in [6.45, 7) is 1.53. The van der Waals surface area contributed by atoms with Gasteiger partial charge < -0.3 is 22.5 Å². The molecule has 0 aliphatic rings. The largest absolute Gasteiger partial charge is 0.417 e. The number of halogens is 6. The molecule has 0 fully saturated rings. The van der Waals surface area contributed by atoms with Crippen LogP contribution in [0.25, 0.3) is 0 Å². The molecular formula is C16H17F6N7O2. The fraction of sp³-hybridized carbons (Fsp3) is 0.312. The van der Waals surface area contributed by atoms with Crippen LogP contribution in [0.2, 0.25) is 0 Å². The van der Waals surface area contributed by atoms with Gasteiger partial charge in [0.05, 0.1) is 11.1 Å². The summed E-state index contributed by atoms with van der Waals surface area (Å²) >= 11 is 0. The van der Waals surface area contributed by atoms with E-state index in [4.69, 9.17) is 22.6 Å². The summed E-state index contributed by atoms with van der Waals surface area (Å²) in [6, 6.07) is -0.240. The van der Waals surface area contributed by atoms with E-state index in [2.05, 4.69) is 15.3 Å². The molecule has 9 nitrogen and oxygen atoms in total. The first-order valence-electron chi connectivity index (χ1n) is 8.23. The summed E-state index contributed by atoms with van der Waals surface area (Å²) in [5.41, 5.74) is 9.90. The molecule has 0 aliphatic heterocycles. The van der Waals surface area contributed by atoms with Gasteiger partial charge >= 0.3 is 12.4 Å². The molecule has 15 heteroatoms. The second-order valence-corrected chi connectivity index (χ2v) is 5.89. The Hall–Kier alpha value is -3.65. The van der Waals surface area contributed by atoms with Crippen molar-refractivity contribution in [3.05, 3.63) is 29.3 Å². The number of nitrogens with two attached hydrogens (primary N) is 3. The van der Waals surface area contributed by atoms with Crippen molar-refractivity contribution in [1.29, 1.82) is 5.41 Å². The Bertz CT molecular complexity index is 937. The normalized spacial score (nSPS) is 14.2. The van der Waals surface area contributed by atoms with E-state index in [1.807, 2.05) is 0 Å². The van der Waals surface area contributed by atoms with Crippen molar-refractivity contribution >= 4 is 35.0 Å². The summed E-state index contributed by atoms with van der Waals surface area (Å²) in [4.78, 5) is 29.7. The van der Waals surface area contributed by atoms with E-state index in [1.54, 1.807) is 0 Å². The van der Waals surface area contributed by atoms with Crippen LogP contribution in [0.5, 0.6) is 0 Å². The number of guanidine groups is 1. The van der Waals surface area contributed by atoms with Crippen molar-refractivity contribution in [3.8, 4) is 0 Å². The topological polar surface area (TPSA) is 173 Å². The van der Waals surface area contributed by atoms with Crippen LogP contribution in [-0.4, -0.2) is 35.4 Å².